The third-order valence-corrected chi connectivity index (χ3v) is 5.30. The summed E-state index contributed by atoms with van der Waals surface area (Å²) in [6, 6.07) is 9.05. The van der Waals surface area contributed by atoms with E-state index in [1.807, 2.05) is 6.07 Å². The van der Waals surface area contributed by atoms with Gasteiger partial charge in [0.2, 0.25) is 0 Å². The van der Waals surface area contributed by atoms with Gasteiger partial charge in [-0.25, -0.2) is 0 Å². The van der Waals surface area contributed by atoms with Gasteiger partial charge in [-0.1, -0.05) is 51.4 Å². The van der Waals surface area contributed by atoms with Gasteiger partial charge in [0.05, 0.1) is 0 Å². The minimum Gasteiger partial charge on any atom is -0.314 e. The van der Waals surface area contributed by atoms with Crippen LogP contribution < -0.4 is 5.32 Å². The maximum absolute atomic E-state index is 6.15. The van der Waals surface area contributed by atoms with E-state index < -0.39 is 0 Å². The molecule has 1 N–H and O–H groups in total. The molecule has 1 fully saturated rings. The Morgan fingerprint density at radius 1 is 1.24 bits per heavy atom. The summed E-state index contributed by atoms with van der Waals surface area (Å²) >= 11 is 6.15. The van der Waals surface area contributed by atoms with Crippen molar-refractivity contribution in [2.75, 3.05) is 6.54 Å². The summed E-state index contributed by atoms with van der Waals surface area (Å²) in [5.41, 5.74) is 1.80. The van der Waals surface area contributed by atoms with Gasteiger partial charge in [0, 0.05) is 11.1 Å². The Labute approximate surface area is 135 Å². The molecule has 118 valence electrons. The van der Waals surface area contributed by atoms with Crippen LogP contribution in [0.3, 0.4) is 0 Å². The fourth-order valence-corrected chi connectivity index (χ4v) is 3.99. The lowest BCUT2D eigenvalue weighted by Gasteiger charge is -2.42. The topological polar surface area (TPSA) is 12.0 Å². The van der Waals surface area contributed by atoms with Gasteiger partial charge >= 0.3 is 0 Å². The summed E-state index contributed by atoms with van der Waals surface area (Å²) in [5.74, 6) is 1.55. The van der Waals surface area contributed by atoms with Crippen molar-refractivity contribution in [3.8, 4) is 0 Å². The van der Waals surface area contributed by atoms with E-state index in [2.05, 4.69) is 51.2 Å². The van der Waals surface area contributed by atoms with Crippen LogP contribution in [0.25, 0.3) is 0 Å². The second kappa shape index (κ2) is 7.15. The lowest BCUT2D eigenvalue weighted by Crippen LogP contribution is -2.43. The molecular weight excluding hydrogens is 278 g/mol. The van der Waals surface area contributed by atoms with Crippen LogP contribution in [0.15, 0.2) is 24.3 Å². The molecule has 2 heteroatoms. The van der Waals surface area contributed by atoms with Crippen LogP contribution in [-0.4, -0.2) is 12.6 Å². The Bertz CT molecular complexity index is 449. The van der Waals surface area contributed by atoms with Crippen LogP contribution in [0.5, 0.6) is 0 Å². The van der Waals surface area contributed by atoms with Gasteiger partial charge in [0.15, 0.2) is 0 Å². The molecule has 1 aromatic rings. The largest absolute Gasteiger partial charge is 0.314 e. The smallest absolute Gasteiger partial charge is 0.0408 e. The second-order valence-electron chi connectivity index (χ2n) is 7.63. The molecule has 0 aromatic heterocycles. The lowest BCUT2D eigenvalue weighted by molar-refractivity contribution is 0.114. The van der Waals surface area contributed by atoms with Crippen molar-refractivity contribution in [3.63, 3.8) is 0 Å². The molecule has 0 aliphatic heterocycles. The Balaban J connectivity index is 2.10. The summed E-state index contributed by atoms with van der Waals surface area (Å²) < 4.78 is 0. The Morgan fingerprint density at radius 2 is 2.00 bits per heavy atom. The molecule has 3 atom stereocenters. The minimum absolute atomic E-state index is 0.420. The van der Waals surface area contributed by atoms with Gasteiger partial charge in [-0.2, -0.15) is 0 Å². The van der Waals surface area contributed by atoms with E-state index in [1.54, 1.807) is 0 Å². The predicted octanol–water partition coefficient (Wildman–Crippen LogP) is 5.32. The van der Waals surface area contributed by atoms with Crippen molar-refractivity contribution in [2.45, 2.75) is 59.4 Å². The monoisotopic (exact) mass is 307 g/mol. The van der Waals surface area contributed by atoms with Gasteiger partial charge in [-0.15, -0.1) is 0 Å². The molecule has 21 heavy (non-hydrogen) atoms. The van der Waals surface area contributed by atoms with Crippen molar-refractivity contribution in [1.29, 1.82) is 0 Å². The van der Waals surface area contributed by atoms with Crippen LogP contribution in [0, 0.1) is 17.3 Å². The number of nitrogens with one attached hydrogen (secondary N) is 1. The van der Waals surface area contributed by atoms with Gasteiger partial charge < -0.3 is 5.32 Å². The second-order valence-corrected chi connectivity index (χ2v) is 8.07. The molecule has 0 amide bonds. The van der Waals surface area contributed by atoms with Crippen molar-refractivity contribution in [3.05, 3.63) is 34.9 Å². The summed E-state index contributed by atoms with van der Waals surface area (Å²) in [4.78, 5) is 0. The molecule has 1 aliphatic rings. The highest BCUT2D eigenvalue weighted by molar-refractivity contribution is 6.30. The van der Waals surface area contributed by atoms with E-state index in [0.29, 0.717) is 11.5 Å². The van der Waals surface area contributed by atoms with E-state index in [9.17, 15) is 0 Å². The zero-order valence-corrected chi connectivity index (χ0v) is 14.7. The van der Waals surface area contributed by atoms with E-state index in [-0.39, 0.29) is 0 Å². The number of benzene rings is 1. The predicted molar refractivity (Wildman–Crippen MR) is 92.9 cm³/mol. The van der Waals surface area contributed by atoms with E-state index in [0.717, 1.165) is 29.8 Å². The first kappa shape index (κ1) is 16.8. The first-order valence-electron chi connectivity index (χ1n) is 8.38. The molecule has 0 radical (unpaired) electrons. The van der Waals surface area contributed by atoms with Gasteiger partial charge in [-0.3, -0.25) is 0 Å². The average Bonchev–Trinajstić information content (AvgIpc) is 2.40. The zero-order valence-electron chi connectivity index (χ0n) is 14.0. The number of hydrogen-bond acceptors (Lipinski definition) is 1. The molecule has 0 spiro atoms. The molecule has 0 heterocycles. The Kier molecular flexibility index (Phi) is 5.73. The first-order valence-corrected chi connectivity index (χ1v) is 8.75. The van der Waals surface area contributed by atoms with Crippen LogP contribution >= 0.6 is 11.6 Å². The Morgan fingerprint density at radius 3 is 2.62 bits per heavy atom. The van der Waals surface area contributed by atoms with Crippen molar-refractivity contribution < 1.29 is 0 Å². The highest BCUT2D eigenvalue weighted by Gasteiger charge is 2.35. The third-order valence-electron chi connectivity index (χ3n) is 5.06. The van der Waals surface area contributed by atoms with Crippen molar-refractivity contribution in [1.82, 2.24) is 5.32 Å². The molecule has 1 nitrogen and oxygen atoms in total. The van der Waals surface area contributed by atoms with Gasteiger partial charge in [0.25, 0.3) is 0 Å². The highest BCUT2D eigenvalue weighted by atomic mass is 35.5. The van der Waals surface area contributed by atoms with Crippen LogP contribution in [0.2, 0.25) is 5.02 Å². The average molecular weight is 308 g/mol. The fraction of sp³-hybridized carbons (Fsp3) is 0.684. The summed E-state index contributed by atoms with van der Waals surface area (Å²) in [6.07, 6.45) is 5.13. The third kappa shape index (κ3) is 4.72. The van der Waals surface area contributed by atoms with Gasteiger partial charge in [-0.05, 0) is 67.2 Å². The van der Waals surface area contributed by atoms with Crippen LogP contribution in [0.4, 0.5) is 0 Å². The molecule has 0 saturated heterocycles. The number of hydrogen-bond donors (Lipinski definition) is 1. The minimum atomic E-state index is 0.420. The van der Waals surface area contributed by atoms with Crippen molar-refractivity contribution >= 4 is 11.6 Å². The standard InChI is InChI=1S/C19H30ClN/c1-5-21-18-10-9-16(19(2,3)4)13-15(18)11-14-7-6-8-17(20)12-14/h6-8,12,15-16,18,21H,5,9-11,13H2,1-4H3. The van der Waals surface area contributed by atoms with Crippen molar-refractivity contribution in [2.24, 2.45) is 17.3 Å². The van der Waals surface area contributed by atoms with E-state index >= 15 is 0 Å². The SMILES string of the molecule is CCNC1CCC(C(C)(C)C)CC1Cc1cccc(Cl)c1. The molecule has 1 saturated carbocycles. The summed E-state index contributed by atoms with van der Waals surface area (Å²) in [6.45, 7) is 10.5. The summed E-state index contributed by atoms with van der Waals surface area (Å²) in [5, 5.41) is 4.57. The molecular formula is C19H30ClN. The molecule has 2 rings (SSSR count). The quantitative estimate of drug-likeness (QED) is 0.793. The van der Waals surface area contributed by atoms with E-state index in [4.69, 9.17) is 11.6 Å². The Hall–Kier alpha value is -0.530. The normalized spacial score (nSPS) is 26.8. The number of rotatable bonds is 4. The zero-order chi connectivity index (χ0) is 15.5. The number of halogens is 1. The molecule has 3 unspecified atom stereocenters. The fourth-order valence-electron chi connectivity index (χ4n) is 3.77. The van der Waals surface area contributed by atoms with Crippen LogP contribution in [-0.2, 0) is 6.42 Å². The first-order chi connectivity index (χ1) is 9.90. The maximum Gasteiger partial charge on any atom is 0.0408 e. The van der Waals surface area contributed by atoms with Gasteiger partial charge in [0.1, 0.15) is 0 Å². The molecule has 1 aliphatic carbocycles. The highest BCUT2D eigenvalue weighted by Crippen LogP contribution is 2.41. The maximum atomic E-state index is 6.15. The van der Waals surface area contributed by atoms with Crippen LogP contribution in [0.1, 0.15) is 52.5 Å². The molecule has 1 aromatic carbocycles. The van der Waals surface area contributed by atoms with E-state index in [1.165, 1.54) is 24.8 Å². The lowest BCUT2D eigenvalue weighted by atomic mass is 9.66. The summed E-state index contributed by atoms with van der Waals surface area (Å²) in [7, 11) is 0. The molecule has 0 bridgehead atoms.